The second kappa shape index (κ2) is 20.6. The van der Waals surface area contributed by atoms with Gasteiger partial charge < -0.3 is 44.0 Å². The molecule has 9 heteroatoms. The van der Waals surface area contributed by atoms with E-state index in [1.807, 2.05) is 0 Å². The van der Waals surface area contributed by atoms with Crippen LogP contribution in [0.5, 0.6) is 0 Å². The number of aliphatic hydroxyl groups is 1. The first kappa shape index (κ1) is 33.3. The Morgan fingerprint density at radius 3 is 1.29 bits per heavy atom. The second-order valence-electron chi connectivity index (χ2n) is 3.46. The van der Waals surface area contributed by atoms with Crippen LogP contribution in [-0.4, -0.2) is 49.7 Å². The Morgan fingerprint density at radius 1 is 0.905 bits per heavy atom. The molecule has 0 aliphatic carbocycles. The molecule has 0 aromatic rings. The molecular formula is C12H24O7W2. The maximum Gasteiger partial charge on any atom is 2.00 e. The number of hydrogen-bond acceptors (Lipinski definition) is 6. The third kappa shape index (κ3) is 16.8. The minimum atomic E-state index is -0.833. The molecule has 0 unspecified atom stereocenters. The molecule has 126 valence electrons. The summed E-state index contributed by atoms with van der Waals surface area (Å²) >= 11 is 0. The standard InChI is InChI=1S/C7H10O4.C2H4O2.CH4O.2CH3.2W/c1-7(2-9-5-8-1)3-10-6-11-4-7;1-2(3)4;1-2;;;;/h5-6H,1-4H2;1H3,(H,3,4);2H,1H3;2*1H3;;/q-2;;;2*-1;2*+2. The third-order valence-electron chi connectivity index (χ3n) is 1.83. The van der Waals surface area contributed by atoms with Crippen LogP contribution >= 0.6 is 0 Å². The molecule has 21 heavy (non-hydrogen) atoms. The molecule has 2 heterocycles. The van der Waals surface area contributed by atoms with E-state index >= 15 is 0 Å². The third-order valence-corrected chi connectivity index (χ3v) is 1.83. The molecule has 2 rings (SSSR count). The first-order valence-corrected chi connectivity index (χ1v) is 4.89. The maximum absolute atomic E-state index is 9.00. The van der Waals surface area contributed by atoms with Crippen LogP contribution in [0.1, 0.15) is 6.92 Å². The monoisotopic (exact) mass is 648 g/mol. The van der Waals surface area contributed by atoms with Crippen LogP contribution in [-0.2, 0) is 65.9 Å². The fourth-order valence-corrected chi connectivity index (χ4v) is 1.19. The zero-order valence-corrected chi connectivity index (χ0v) is 18.6. The van der Waals surface area contributed by atoms with Gasteiger partial charge in [-0.15, -0.1) is 0 Å². The topological polar surface area (TPSA) is 94.5 Å². The summed E-state index contributed by atoms with van der Waals surface area (Å²) in [5, 5.41) is 14.4. The van der Waals surface area contributed by atoms with E-state index in [0.717, 1.165) is 14.0 Å². The molecule has 2 N–H and O–H groups in total. The molecule has 1 spiro atoms. The fraction of sp³-hybridized carbons (Fsp3) is 0.583. The molecule has 2 aliphatic heterocycles. The minimum absolute atomic E-state index is 0. The molecule has 0 aromatic heterocycles. The quantitative estimate of drug-likeness (QED) is 0.378. The van der Waals surface area contributed by atoms with Crippen molar-refractivity contribution in [3.05, 3.63) is 28.4 Å². The summed E-state index contributed by atoms with van der Waals surface area (Å²) in [4.78, 5) is 9.00. The van der Waals surface area contributed by atoms with Crippen LogP contribution in [0.2, 0.25) is 0 Å². The molecule has 2 saturated heterocycles. The Morgan fingerprint density at radius 2 is 1.10 bits per heavy atom. The average molecular weight is 648 g/mol. The summed E-state index contributed by atoms with van der Waals surface area (Å²) in [6.45, 7) is 6.26. The van der Waals surface area contributed by atoms with E-state index in [1.54, 1.807) is 0 Å². The molecule has 0 amide bonds. The Balaban J connectivity index is -0.0000000762. The zero-order chi connectivity index (χ0) is 13.1. The van der Waals surface area contributed by atoms with Crippen LogP contribution in [0.15, 0.2) is 0 Å². The Kier molecular flexibility index (Phi) is 32.7. The second-order valence-corrected chi connectivity index (χ2v) is 3.46. The van der Waals surface area contributed by atoms with Crippen molar-refractivity contribution < 1.29 is 76.1 Å². The van der Waals surface area contributed by atoms with Crippen molar-refractivity contribution in [2.24, 2.45) is 5.41 Å². The number of hydrogen-bond donors (Lipinski definition) is 2. The van der Waals surface area contributed by atoms with E-state index < -0.39 is 5.97 Å². The molecule has 7 nitrogen and oxygen atoms in total. The molecule has 0 atom stereocenters. The zero-order valence-electron chi connectivity index (χ0n) is 12.7. The summed E-state index contributed by atoms with van der Waals surface area (Å²) < 4.78 is 20.2. The molecule has 0 saturated carbocycles. The van der Waals surface area contributed by atoms with Crippen molar-refractivity contribution in [1.29, 1.82) is 0 Å². The van der Waals surface area contributed by atoms with Gasteiger partial charge >= 0.3 is 42.1 Å². The van der Waals surface area contributed by atoms with Gasteiger partial charge in [-0.3, -0.25) is 4.79 Å². The van der Waals surface area contributed by atoms with E-state index in [2.05, 4.69) is 0 Å². The number of carboxylic acids is 1. The number of carbonyl (C=O) groups is 1. The minimum Gasteiger partial charge on any atom is -0.524 e. The van der Waals surface area contributed by atoms with Crippen LogP contribution in [0.4, 0.5) is 0 Å². The van der Waals surface area contributed by atoms with Gasteiger partial charge in [0.15, 0.2) is 0 Å². The van der Waals surface area contributed by atoms with Gasteiger partial charge in [0.2, 0.25) is 0 Å². The molecule has 0 radical (unpaired) electrons. The predicted octanol–water partition coefficient (Wildman–Crippen LogP) is 0.900. The van der Waals surface area contributed by atoms with Crippen LogP contribution < -0.4 is 0 Å². The first-order chi connectivity index (χ1) is 8.15. The van der Waals surface area contributed by atoms with Crippen molar-refractivity contribution in [2.45, 2.75) is 6.92 Å². The van der Waals surface area contributed by atoms with Gasteiger partial charge in [-0.2, -0.15) is 0 Å². The number of carboxylic acid groups (broad SMARTS) is 1. The van der Waals surface area contributed by atoms with E-state index in [-0.39, 0.29) is 62.4 Å². The fourth-order valence-electron chi connectivity index (χ4n) is 1.19. The first-order valence-electron chi connectivity index (χ1n) is 4.89. The van der Waals surface area contributed by atoms with Gasteiger partial charge in [0.1, 0.15) is 0 Å². The summed E-state index contributed by atoms with van der Waals surface area (Å²) in [5.41, 5.74) is -0.0938. The largest absolute Gasteiger partial charge is 2.00 e. The molecule has 2 fully saturated rings. The van der Waals surface area contributed by atoms with Gasteiger partial charge in [-0.1, -0.05) is 13.6 Å². The summed E-state index contributed by atoms with van der Waals surface area (Å²) in [7, 11) is 1.00. The van der Waals surface area contributed by atoms with Crippen molar-refractivity contribution >= 4 is 5.97 Å². The molecule has 0 aromatic carbocycles. The van der Waals surface area contributed by atoms with Crippen LogP contribution in [0, 0.1) is 33.9 Å². The molecule has 2 aliphatic rings. The van der Waals surface area contributed by atoms with Gasteiger partial charge in [0, 0.05) is 40.5 Å². The van der Waals surface area contributed by atoms with Gasteiger partial charge in [-0.05, 0) is 0 Å². The molecular weight excluding hydrogens is 624 g/mol. The van der Waals surface area contributed by atoms with E-state index in [1.165, 1.54) is 13.6 Å². The Bertz CT molecular complexity index is 182. The normalized spacial score (nSPS) is 17.5. The number of rotatable bonds is 0. The SMILES string of the molecule is CC(=O)O.CO.[CH-]1OCC2(CO1)CO[CH-]OC2.[CH3-].[CH3-].[W+2].[W+2]. The smallest absolute Gasteiger partial charge is 0.524 e. The van der Waals surface area contributed by atoms with Crippen molar-refractivity contribution in [1.82, 2.24) is 0 Å². The average Bonchev–Trinajstić information content (AvgIpc) is 2.33. The number of aliphatic hydroxyl groups excluding tert-OH is 1. The molecule has 0 bridgehead atoms. The van der Waals surface area contributed by atoms with E-state index in [4.69, 9.17) is 34.0 Å². The maximum atomic E-state index is 9.00. The van der Waals surface area contributed by atoms with E-state index in [0.29, 0.717) is 26.4 Å². The van der Waals surface area contributed by atoms with Crippen molar-refractivity contribution in [3.63, 3.8) is 0 Å². The van der Waals surface area contributed by atoms with Gasteiger partial charge in [-0.25, -0.2) is 0 Å². The number of ether oxygens (including phenoxy) is 4. The van der Waals surface area contributed by atoms with Gasteiger partial charge in [0.25, 0.3) is 5.97 Å². The summed E-state index contributed by atoms with van der Waals surface area (Å²) in [6.07, 6.45) is 0. The van der Waals surface area contributed by atoms with Crippen LogP contribution in [0.25, 0.3) is 0 Å². The Hall–Kier alpha value is 0.647. The Labute approximate surface area is 156 Å². The van der Waals surface area contributed by atoms with Crippen molar-refractivity contribution in [2.75, 3.05) is 33.5 Å². The predicted molar refractivity (Wildman–Crippen MR) is 69.1 cm³/mol. The van der Waals surface area contributed by atoms with E-state index in [9.17, 15) is 0 Å². The summed E-state index contributed by atoms with van der Waals surface area (Å²) in [6, 6.07) is 0. The van der Waals surface area contributed by atoms with Crippen LogP contribution in [0.3, 0.4) is 0 Å². The van der Waals surface area contributed by atoms with Gasteiger partial charge in [0.05, 0.1) is 5.41 Å². The number of aliphatic carboxylic acids is 1. The summed E-state index contributed by atoms with van der Waals surface area (Å²) in [5.74, 6) is -0.833. The van der Waals surface area contributed by atoms with Crippen molar-refractivity contribution in [3.8, 4) is 0 Å².